The smallest absolute Gasteiger partial charge is 0.271 e. The maximum atomic E-state index is 10.7. The lowest BCUT2D eigenvalue weighted by molar-refractivity contribution is -0.384. The van der Waals surface area contributed by atoms with Gasteiger partial charge >= 0.3 is 0 Å². The van der Waals surface area contributed by atoms with Gasteiger partial charge in [0.15, 0.2) is 0 Å². The summed E-state index contributed by atoms with van der Waals surface area (Å²) in [5.41, 5.74) is 1.56. The molecule has 1 aliphatic rings. The molecule has 1 aliphatic heterocycles. The van der Waals surface area contributed by atoms with Crippen molar-refractivity contribution >= 4 is 23.0 Å². The quantitative estimate of drug-likeness (QED) is 0.662. The number of aliphatic hydroxyl groups is 1. The first-order chi connectivity index (χ1) is 8.49. The van der Waals surface area contributed by atoms with E-state index in [-0.39, 0.29) is 11.8 Å². The first kappa shape index (κ1) is 13.1. The van der Waals surface area contributed by atoms with E-state index in [1.807, 2.05) is 4.90 Å². The predicted molar refractivity (Wildman–Crippen MR) is 70.3 cm³/mol. The molecule has 18 heavy (non-hydrogen) atoms. The second-order valence-electron chi connectivity index (χ2n) is 4.59. The molecule has 1 heterocycles. The largest absolute Gasteiger partial charge is 0.391 e. The van der Waals surface area contributed by atoms with E-state index < -0.39 is 4.92 Å². The number of aryl methyl sites for hydroxylation is 1. The van der Waals surface area contributed by atoms with Gasteiger partial charge in [-0.2, -0.15) is 0 Å². The summed E-state index contributed by atoms with van der Waals surface area (Å²) < 4.78 is 0. The Balaban J connectivity index is 2.36. The zero-order valence-electron chi connectivity index (χ0n) is 10.1. The Kier molecular flexibility index (Phi) is 3.73. The van der Waals surface area contributed by atoms with Crippen LogP contribution in [0.1, 0.15) is 18.4 Å². The van der Waals surface area contributed by atoms with Gasteiger partial charge in [-0.05, 0) is 25.3 Å². The maximum absolute atomic E-state index is 10.7. The van der Waals surface area contributed by atoms with Gasteiger partial charge in [0, 0.05) is 25.2 Å². The number of hydrogen-bond acceptors (Lipinski definition) is 4. The SMILES string of the molecule is Cc1cc([N+](=O)[O-])cc(Cl)c1N1CCCC(O)C1. The van der Waals surface area contributed by atoms with Crippen molar-refractivity contribution in [2.75, 3.05) is 18.0 Å². The molecule has 0 radical (unpaired) electrons. The van der Waals surface area contributed by atoms with E-state index >= 15 is 0 Å². The second-order valence-corrected chi connectivity index (χ2v) is 5.00. The van der Waals surface area contributed by atoms with Crippen LogP contribution in [-0.2, 0) is 0 Å². The molecule has 0 bridgehead atoms. The highest BCUT2D eigenvalue weighted by molar-refractivity contribution is 6.33. The summed E-state index contributed by atoms with van der Waals surface area (Å²) in [7, 11) is 0. The molecule has 5 nitrogen and oxygen atoms in total. The molecule has 98 valence electrons. The van der Waals surface area contributed by atoms with Crippen LogP contribution < -0.4 is 4.90 Å². The van der Waals surface area contributed by atoms with Crippen LogP contribution in [0.15, 0.2) is 12.1 Å². The number of rotatable bonds is 2. The number of aliphatic hydroxyl groups excluding tert-OH is 1. The van der Waals surface area contributed by atoms with E-state index in [0.29, 0.717) is 11.6 Å². The first-order valence-electron chi connectivity index (χ1n) is 5.86. The van der Waals surface area contributed by atoms with Crippen LogP contribution in [0.4, 0.5) is 11.4 Å². The third-order valence-corrected chi connectivity index (χ3v) is 3.45. The molecule has 0 aromatic heterocycles. The Hall–Kier alpha value is -1.33. The van der Waals surface area contributed by atoms with Crippen molar-refractivity contribution in [2.45, 2.75) is 25.9 Å². The molecule has 0 spiro atoms. The van der Waals surface area contributed by atoms with Crippen LogP contribution >= 0.6 is 11.6 Å². The molecule has 0 amide bonds. The van der Waals surface area contributed by atoms with Crippen LogP contribution in [0.2, 0.25) is 5.02 Å². The Bertz CT molecular complexity index is 455. The molecule has 1 saturated heterocycles. The number of anilines is 1. The summed E-state index contributed by atoms with van der Waals surface area (Å²) in [4.78, 5) is 12.3. The van der Waals surface area contributed by atoms with Gasteiger partial charge < -0.3 is 10.0 Å². The highest BCUT2D eigenvalue weighted by atomic mass is 35.5. The highest BCUT2D eigenvalue weighted by Crippen LogP contribution is 2.35. The van der Waals surface area contributed by atoms with E-state index in [0.717, 1.165) is 30.6 Å². The molecule has 1 aromatic rings. The second kappa shape index (κ2) is 5.12. The van der Waals surface area contributed by atoms with Crippen molar-refractivity contribution in [3.63, 3.8) is 0 Å². The van der Waals surface area contributed by atoms with Gasteiger partial charge in [-0.3, -0.25) is 10.1 Å². The number of β-amino-alcohol motifs (C(OH)–C–C–N with tert-alkyl or cyclic N) is 1. The number of non-ortho nitro benzene ring substituents is 1. The van der Waals surface area contributed by atoms with Crippen molar-refractivity contribution in [2.24, 2.45) is 0 Å². The topological polar surface area (TPSA) is 66.6 Å². The number of halogens is 1. The molecule has 0 saturated carbocycles. The summed E-state index contributed by atoms with van der Waals surface area (Å²) in [6.45, 7) is 3.14. The van der Waals surface area contributed by atoms with Crippen LogP contribution in [-0.4, -0.2) is 29.2 Å². The average Bonchev–Trinajstić information content (AvgIpc) is 2.27. The van der Waals surface area contributed by atoms with E-state index in [1.54, 1.807) is 6.92 Å². The fraction of sp³-hybridized carbons (Fsp3) is 0.500. The van der Waals surface area contributed by atoms with Gasteiger partial charge in [-0.15, -0.1) is 0 Å². The number of benzene rings is 1. The third kappa shape index (κ3) is 2.57. The molecule has 1 aromatic carbocycles. The molecule has 1 fully saturated rings. The molecule has 6 heteroatoms. The van der Waals surface area contributed by atoms with Gasteiger partial charge in [0.05, 0.1) is 21.7 Å². The zero-order valence-corrected chi connectivity index (χ0v) is 10.9. The summed E-state index contributed by atoms with van der Waals surface area (Å²) in [6, 6.07) is 2.88. The fourth-order valence-electron chi connectivity index (χ4n) is 2.38. The van der Waals surface area contributed by atoms with E-state index in [1.165, 1.54) is 12.1 Å². The molecule has 2 rings (SSSR count). The highest BCUT2D eigenvalue weighted by Gasteiger charge is 2.23. The van der Waals surface area contributed by atoms with Gasteiger partial charge in [-0.25, -0.2) is 0 Å². The minimum absolute atomic E-state index is 0.00110. The first-order valence-corrected chi connectivity index (χ1v) is 6.24. The summed E-state index contributed by atoms with van der Waals surface area (Å²) in [5.74, 6) is 0. The van der Waals surface area contributed by atoms with Crippen molar-refractivity contribution in [3.8, 4) is 0 Å². The van der Waals surface area contributed by atoms with Crippen LogP contribution in [0.25, 0.3) is 0 Å². The summed E-state index contributed by atoms with van der Waals surface area (Å²) in [6.07, 6.45) is 1.33. The van der Waals surface area contributed by atoms with Crippen molar-refractivity contribution in [1.29, 1.82) is 0 Å². The molecule has 0 aliphatic carbocycles. The molecule has 1 atom stereocenters. The lowest BCUT2D eigenvalue weighted by Gasteiger charge is -2.33. The number of hydrogen-bond donors (Lipinski definition) is 1. The zero-order chi connectivity index (χ0) is 13.3. The van der Waals surface area contributed by atoms with Crippen molar-refractivity contribution < 1.29 is 10.0 Å². The van der Waals surface area contributed by atoms with Crippen molar-refractivity contribution in [1.82, 2.24) is 0 Å². The summed E-state index contributed by atoms with van der Waals surface area (Å²) in [5, 5.41) is 20.8. The number of nitrogens with zero attached hydrogens (tertiary/aromatic N) is 2. The van der Waals surface area contributed by atoms with E-state index in [2.05, 4.69) is 0 Å². The Morgan fingerprint density at radius 2 is 2.28 bits per heavy atom. The number of nitro benzene ring substituents is 1. The fourth-order valence-corrected chi connectivity index (χ4v) is 2.76. The monoisotopic (exact) mass is 270 g/mol. The standard InChI is InChI=1S/C12H15ClN2O3/c1-8-5-9(15(17)18)6-11(13)12(8)14-4-2-3-10(16)7-14/h5-6,10,16H,2-4,7H2,1H3. The Labute approximate surface area is 110 Å². The average molecular weight is 271 g/mol. The Morgan fingerprint density at radius 1 is 1.56 bits per heavy atom. The number of piperidine rings is 1. The normalized spacial score (nSPS) is 19.9. The molecule has 1 N–H and O–H groups in total. The molecular weight excluding hydrogens is 256 g/mol. The minimum atomic E-state index is -0.451. The predicted octanol–water partition coefficient (Wildman–Crippen LogP) is 2.52. The van der Waals surface area contributed by atoms with Crippen LogP contribution in [0, 0.1) is 17.0 Å². The van der Waals surface area contributed by atoms with Crippen molar-refractivity contribution in [3.05, 3.63) is 32.8 Å². The van der Waals surface area contributed by atoms with Gasteiger partial charge in [0.2, 0.25) is 0 Å². The minimum Gasteiger partial charge on any atom is -0.391 e. The lowest BCUT2D eigenvalue weighted by Crippen LogP contribution is -2.38. The summed E-state index contributed by atoms with van der Waals surface area (Å²) >= 11 is 6.13. The number of nitro groups is 1. The van der Waals surface area contributed by atoms with E-state index in [9.17, 15) is 15.2 Å². The van der Waals surface area contributed by atoms with Crippen LogP contribution in [0.3, 0.4) is 0 Å². The third-order valence-electron chi connectivity index (χ3n) is 3.16. The van der Waals surface area contributed by atoms with E-state index in [4.69, 9.17) is 11.6 Å². The Morgan fingerprint density at radius 3 is 2.83 bits per heavy atom. The lowest BCUT2D eigenvalue weighted by atomic mass is 10.1. The van der Waals surface area contributed by atoms with Crippen LogP contribution in [0.5, 0.6) is 0 Å². The van der Waals surface area contributed by atoms with Gasteiger partial charge in [0.25, 0.3) is 5.69 Å². The molecule has 1 unspecified atom stereocenters. The molecular formula is C12H15ClN2O3. The van der Waals surface area contributed by atoms with Gasteiger partial charge in [0.1, 0.15) is 0 Å². The van der Waals surface area contributed by atoms with Gasteiger partial charge in [-0.1, -0.05) is 11.6 Å². The maximum Gasteiger partial charge on any atom is 0.271 e.